The lowest BCUT2D eigenvalue weighted by molar-refractivity contribution is -0.130. The van der Waals surface area contributed by atoms with Gasteiger partial charge >= 0.3 is 0 Å². The van der Waals surface area contributed by atoms with Gasteiger partial charge in [0.05, 0.1) is 12.1 Å². The van der Waals surface area contributed by atoms with Gasteiger partial charge in [-0.3, -0.25) is 4.79 Å². The molecule has 0 bridgehead atoms. The third-order valence-electron chi connectivity index (χ3n) is 5.57. The molecule has 1 aliphatic rings. The lowest BCUT2D eigenvalue weighted by Gasteiger charge is -2.35. The van der Waals surface area contributed by atoms with Gasteiger partial charge in [-0.15, -0.1) is 0 Å². The number of rotatable bonds is 4. The van der Waals surface area contributed by atoms with Crippen LogP contribution in [-0.4, -0.2) is 61.7 Å². The fraction of sp³-hybridized carbons (Fsp3) is 0.273. The number of aromatic amines is 1. The van der Waals surface area contributed by atoms with Crippen LogP contribution in [0.5, 0.6) is 0 Å². The number of anilines is 1. The highest BCUT2D eigenvalue weighted by atomic mass is 16.2. The Morgan fingerprint density at radius 3 is 2.67 bits per heavy atom. The summed E-state index contributed by atoms with van der Waals surface area (Å²) in [5, 5.41) is 5.53. The molecule has 1 saturated heterocycles. The number of carbonyl (C=O) groups excluding carboxylic acids is 1. The van der Waals surface area contributed by atoms with Crippen LogP contribution in [0.1, 0.15) is 11.3 Å². The van der Waals surface area contributed by atoms with Crippen molar-refractivity contribution in [3.63, 3.8) is 0 Å². The molecule has 1 N–H and O–H groups in total. The molecule has 1 amide bonds. The Morgan fingerprint density at radius 1 is 1.07 bits per heavy atom. The summed E-state index contributed by atoms with van der Waals surface area (Å²) < 4.78 is 1.75. The summed E-state index contributed by atoms with van der Waals surface area (Å²) in [5.74, 6) is 1.76. The number of hydrogen-bond donors (Lipinski definition) is 1. The number of nitrogens with zero attached hydrogens (tertiary/aromatic N) is 6. The Morgan fingerprint density at radius 2 is 1.87 bits per heavy atom. The number of benzene rings is 1. The monoisotopic (exact) mass is 401 g/mol. The number of H-pyrrole nitrogens is 1. The van der Waals surface area contributed by atoms with Gasteiger partial charge in [-0.1, -0.05) is 18.2 Å². The normalized spacial score (nSPS) is 14.4. The van der Waals surface area contributed by atoms with E-state index in [0.29, 0.717) is 19.5 Å². The zero-order valence-corrected chi connectivity index (χ0v) is 16.8. The average Bonchev–Trinajstić information content (AvgIpc) is 3.40. The van der Waals surface area contributed by atoms with E-state index < -0.39 is 0 Å². The van der Waals surface area contributed by atoms with Gasteiger partial charge in [0.25, 0.3) is 0 Å². The SMILES string of the molecule is Cc1ccn(-c2cc(N3CCN(C(=O)Cc4c[nH]c5ccccc45)CC3)ncn2)n1. The molecule has 5 rings (SSSR count). The Balaban J connectivity index is 1.23. The van der Waals surface area contributed by atoms with Crippen LogP contribution in [0.4, 0.5) is 5.82 Å². The second-order valence-electron chi connectivity index (χ2n) is 7.54. The molecule has 0 atom stereocenters. The summed E-state index contributed by atoms with van der Waals surface area (Å²) in [5.41, 5.74) is 3.06. The summed E-state index contributed by atoms with van der Waals surface area (Å²) in [6.07, 6.45) is 5.82. The third-order valence-corrected chi connectivity index (χ3v) is 5.57. The van der Waals surface area contributed by atoms with Crippen LogP contribution in [0.3, 0.4) is 0 Å². The number of amides is 1. The van der Waals surface area contributed by atoms with E-state index >= 15 is 0 Å². The summed E-state index contributed by atoms with van der Waals surface area (Å²) >= 11 is 0. The molecular formula is C22H23N7O. The largest absolute Gasteiger partial charge is 0.361 e. The fourth-order valence-corrected chi connectivity index (χ4v) is 3.92. The van der Waals surface area contributed by atoms with E-state index in [-0.39, 0.29) is 5.91 Å². The number of fused-ring (bicyclic) bond motifs is 1. The topological polar surface area (TPSA) is 82.9 Å². The average molecular weight is 401 g/mol. The summed E-state index contributed by atoms with van der Waals surface area (Å²) in [6.45, 7) is 4.80. The van der Waals surface area contributed by atoms with Crippen LogP contribution in [0.15, 0.2) is 55.1 Å². The van der Waals surface area contributed by atoms with Gasteiger partial charge < -0.3 is 14.8 Å². The Kier molecular flexibility index (Phi) is 4.66. The lowest BCUT2D eigenvalue weighted by Crippen LogP contribution is -2.49. The van der Waals surface area contributed by atoms with Crippen molar-refractivity contribution in [1.29, 1.82) is 0 Å². The van der Waals surface area contributed by atoms with Crippen LogP contribution in [0.25, 0.3) is 16.7 Å². The first-order chi connectivity index (χ1) is 14.7. The highest BCUT2D eigenvalue weighted by Crippen LogP contribution is 2.20. The zero-order valence-electron chi connectivity index (χ0n) is 16.8. The van der Waals surface area contributed by atoms with Crippen molar-refractivity contribution in [2.24, 2.45) is 0 Å². The maximum absolute atomic E-state index is 12.9. The van der Waals surface area contributed by atoms with E-state index in [2.05, 4.69) is 31.0 Å². The molecule has 0 spiro atoms. The Hall–Kier alpha value is -3.68. The predicted molar refractivity (Wildman–Crippen MR) is 115 cm³/mol. The van der Waals surface area contributed by atoms with Crippen LogP contribution >= 0.6 is 0 Å². The molecule has 8 heteroatoms. The van der Waals surface area contributed by atoms with Gasteiger partial charge in [-0.25, -0.2) is 14.6 Å². The van der Waals surface area contributed by atoms with Crippen molar-refractivity contribution in [1.82, 2.24) is 29.6 Å². The van der Waals surface area contributed by atoms with Gasteiger partial charge in [0.15, 0.2) is 5.82 Å². The molecule has 0 aliphatic carbocycles. The lowest BCUT2D eigenvalue weighted by atomic mass is 10.1. The van der Waals surface area contributed by atoms with E-state index in [9.17, 15) is 4.79 Å². The van der Waals surface area contributed by atoms with E-state index in [1.807, 2.05) is 54.5 Å². The minimum Gasteiger partial charge on any atom is -0.361 e. The highest BCUT2D eigenvalue weighted by molar-refractivity contribution is 5.89. The molecule has 0 radical (unpaired) electrons. The smallest absolute Gasteiger partial charge is 0.227 e. The number of para-hydroxylation sites is 1. The van der Waals surface area contributed by atoms with Crippen molar-refractivity contribution in [2.45, 2.75) is 13.3 Å². The van der Waals surface area contributed by atoms with E-state index in [1.165, 1.54) is 0 Å². The molecule has 152 valence electrons. The Labute approximate surface area is 174 Å². The molecule has 0 saturated carbocycles. The summed E-state index contributed by atoms with van der Waals surface area (Å²) in [7, 11) is 0. The highest BCUT2D eigenvalue weighted by Gasteiger charge is 2.23. The molecule has 30 heavy (non-hydrogen) atoms. The van der Waals surface area contributed by atoms with Gasteiger partial charge in [0, 0.05) is 55.5 Å². The summed E-state index contributed by atoms with van der Waals surface area (Å²) in [6, 6.07) is 12.0. The van der Waals surface area contributed by atoms with Crippen LogP contribution in [-0.2, 0) is 11.2 Å². The van der Waals surface area contributed by atoms with E-state index in [1.54, 1.807) is 11.0 Å². The first kappa shape index (κ1) is 18.4. The van der Waals surface area contributed by atoms with Crippen LogP contribution in [0, 0.1) is 6.92 Å². The van der Waals surface area contributed by atoms with Crippen molar-refractivity contribution < 1.29 is 4.79 Å². The van der Waals surface area contributed by atoms with Gasteiger partial charge in [0.1, 0.15) is 12.1 Å². The minimum absolute atomic E-state index is 0.162. The third kappa shape index (κ3) is 3.52. The minimum atomic E-state index is 0.162. The second-order valence-corrected chi connectivity index (χ2v) is 7.54. The fourth-order valence-electron chi connectivity index (χ4n) is 3.92. The number of carbonyl (C=O) groups is 1. The molecule has 1 fully saturated rings. The van der Waals surface area contributed by atoms with Crippen molar-refractivity contribution in [3.8, 4) is 5.82 Å². The van der Waals surface area contributed by atoms with Crippen LogP contribution in [0.2, 0.25) is 0 Å². The maximum Gasteiger partial charge on any atom is 0.227 e. The molecular weight excluding hydrogens is 378 g/mol. The first-order valence-corrected chi connectivity index (χ1v) is 10.1. The standard InChI is InChI=1S/C22H23N7O/c1-16-6-7-29(26-16)21-13-20(24-15-25-21)27-8-10-28(11-9-27)22(30)12-17-14-23-19-5-3-2-4-18(17)19/h2-7,13-15,23H,8-12H2,1H3. The van der Waals surface area contributed by atoms with Gasteiger partial charge in [-0.05, 0) is 24.6 Å². The van der Waals surface area contributed by atoms with E-state index in [4.69, 9.17) is 0 Å². The van der Waals surface area contributed by atoms with Crippen molar-refractivity contribution >= 4 is 22.6 Å². The summed E-state index contributed by atoms with van der Waals surface area (Å²) in [4.78, 5) is 29.0. The molecule has 8 nitrogen and oxygen atoms in total. The van der Waals surface area contributed by atoms with Gasteiger partial charge in [-0.2, -0.15) is 5.10 Å². The maximum atomic E-state index is 12.9. The number of nitrogens with one attached hydrogen (secondary N) is 1. The quantitative estimate of drug-likeness (QED) is 0.568. The molecule has 1 aromatic carbocycles. The predicted octanol–water partition coefficient (Wildman–Crippen LogP) is 2.34. The van der Waals surface area contributed by atoms with Gasteiger partial charge in [0.2, 0.25) is 5.91 Å². The number of aromatic nitrogens is 5. The zero-order chi connectivity index (χ0) is 20.5. The number of aryl methyl sites for hydroxylation is 1. The van der Waals surface area contributed by atoms with Crippen molar-refractivity contribution in [3.05, 3.63) is 66.4 Å². The molecule has 3 aromatic heterocycles. The number of piperazine rings is 1. The van der Waals surface area contributed by atoms with E-state index in [0.717, 1.165) is 46.9 Å². The Bertz CT molecular complexity index is 1190. The van der Waals surface area contributed by atoms with Crippen molar-refractivity contribution in [2.75, 3.05) is 31.1 Å². The first-order valence-electron chi connectivity index (χ1n) is 10.1. The number of hydrogen-bond acceptors (Lipinski definition) is 5. The molecule has 1 aliphatic heterocycles. The molecule has 0 unspecified atom stereocenters. The molecule has 4 heterocycles. The second kappa shape index (κ2) is 7.62. The van der Waals surface area contributed by atoms with Crippen LogP contribution < -0.4 is 4.90 Å². The molecule has 4 aromatic rings.